The molecule has 0 radical (unpaired) electrons. The number of rotatable bonds is 4. The molecular formula is C18H24N4O. The van der Waals surface area contributed by atoms with Crippen LogP contribution in [0.25, 0.3) is 0 Å². The molecule has 5 heteroatoms. The standard InChI is InChI=1S/C18H24N4O/c1-20(2)17(23)18(22-12-10-19-15-22)9-6-11-21(14-18)13-16-7-4-3-5-8-16/h3-5,7-8,10,12,15H,6,9,11,13-14H2,1-2H3. The summed E-state index contributed by atoms with van der Waals surface area (Å²) in [6, 6.07) is 10.4. The monoisotopic (exact) mass is 312 g/mol. The van der Waals surface area contributed by atoms with Crippen molar-refractivity contribution in [1.82, 2.24) is 19.4 Å². The molecule has 5 nitrogen and oxygen atoms in total. The predicted octanol–water partition coefficient (Wildman–Crippen LogP) is 1.96. The Bertz CT molecular complexity index is 638. The first-order chi connectivity index (χ1) is 11.1. The molecule has 2 heterocycles. The van der Waals surface area contributed by atoms with Crippen molar-refractivity contribution in [2.45, 2.75) is 24.9 Å². The number of hydrogen-bond acceptors (Lipinski definition) is 3. The number of amides is 1. The third-order valence-electron chi connectivity index (χ3n) is 4.60. The molecule has 0 spiro atoms. The van der Waals surface area contributed by atoms with Crippen molar-refractivity contribution < 1.29 is 4.79 Å². The SMILES string of the molecule is CN(C)C(=O)C1(n2ccnc2)CCCN(Cc2ccccc2)C1. The van der Waals surface area contributed by atoms with Crippen LogP contribution in [0.5, 0.6) is 0 Å². The molecular weight excluding hydrogens is 288 g/mol. The van der Waals surface area contributed by atoms with E-state index in [0.29, 0.717) is 0 Å². The number of likely N-dealkylation sites (tertiary alicyclic amines) is 1. The van der Waals surface area contributed by atoms with Crippen molar-refractivity contribution in [3.8, 4) is 0 Å². The van der Waals surface area contributed by atoms with Crippen LogP contribution in [0.2, 0.25) is 0 Å². The molecule has 2 aromatic rings. The number of piperidine rings is 1. The Labute approximate surface area is 137 Å². The number of carbonyl (C=O) groups is 1. The Morgan fingerprint density at radius 2 is 2.09 bits per heavy atom. The molecule has 1 unspecified atom stereocenters. The van der Waals surface area contributed by atoms with Gasteiger partial charge in [0.05, 0.1) is 6.33 Å². The topological polar surface area (TPSA) is 41.4 Å². The average molecular weight is 312 g/mol. The van der Waals surface area contributed by atoms with Crippen LogP contribution in [0.1, 0.15) is 18.4 Å². The lowest BCUT2D eigenvalue weighted by Crippen LogP contribution is -2.57. The van der Waals surface area contributed by atoms with Crippen molar-refractivity contribution in [2.24, 2.45) is 0 Å². The lowest BCUT2D eigenvalue weighted by Gasteiger charge is -2.43. The van der Waals surface area contributed by atoms with Gasteiger partial charge in [0.25, 0.3) is 0 Å². The first-order valence-corrected chi connectivity index (χ1v) is 8.08. The summed E-state index contributed by atoms with van der Waals surface area (Å²) in [5, 5.41) is 0. The number of carbonyl (C=O) groups excluding carboxylic acids is 1. The molecule has 1 aromatic carbocycles. The highest BCUT2D eigenvalue weighted by atomic mass is 16.2. The van der Waals surface area contributed by atoms with Crippen molar-refractivity contribution in [3.05, 3.63) is 54.6 Å². The molecule has 0 saturated carbocycles. The van der Waals surface area contributed by atoms with Gasteiger partial charge in [0, 0.05) is 39.6 Å². The lowest BCUT2D eigenvalue weighted by atomic mass is 9.87. The average Bonchev–Trinajstić information content (AvgIpc) is 3.10. The smallest absolute Gasteiger partial charge is 0.249 e. The summed E-state index contributed by atoms with van der Waals surface area (Å²) in [5.41, 5.74) is 0.735. The number of aromatic nitrogens is 2. The van der Waals surface area contributed by atoms with Crippen LogP contribution in [-0.4, -0.2) is 52.4 Å². The Morgan fingerprint density at radius 3 is 2.74 bits per heavy atom. The Hall–Kier alpha value is -2.14. The maximum Gasteiger partial charge on any atom is 0.249 e. The third kappa shape index (κ3) is 3.15. The zero-order chi connectivity index (χ0) is 16.3. The van der Waals surface area contributed by atoms with Crippen molar-refractivity contribution in [1.29, 1.82) is 0 Å². The second-order valence-corrected chi connectivity index (χ2v) is 6.50. The third-order valence-corrected chi connectivity index (χ3v) is 4.60. The van der Waals surface area contributed by atoms with Gasteiger partial charge in [-0.25, -0.2) is 4.98 Å². The largest absolute Gasteiger partial charge is 0.347 e. The number of hydrogen-bond donors (Lipinski definition) is 0. The molecule has 122 valence electrons. The molecule has 0 aliphatic carbocycles. The van der Waals surface area contributed by atoms with Crippen LogP contribution in [-0.2, 0) is 16.9 Å². The highest BCUT2D eigenvalue weighted by Crippen LogP contribution is 2.31. The van der Waals surface area contributed by atoms with E-state index >= 15 is 0 Å². The second kappa shape index (κ2) is 6.54. The quantitative estimate of drug-likeness (QED) is 0.866. The molecule has 23 heavy (non-hydrogen) atoms. The van der Waals surface area contributed by atoms with E-state index in [4.69, 9.17) is 0 Å². The van der Waals surface area contributed by atoms with Gasteiger partial charge in [0.1, 0.15) is 5.54 Å². The number of imidazole rings is 1. The summed E-state index contributed by atoms with van der Waals surface area (Å²) in [6.45, 7) is 2.61. The first kappa shape index (κ1) is 15.7. The van der Waals surface area contributed by atoms with Gasteiger partial charge in [-0.05, 0) is 24.9 Å². The zero-order valence-electron chi connectivity index (χ0n) is 13.9. The molecule has 1 aliphatic rings. The molecule has 1 saturated heterocycles. The van der Waals surface area contributed by atoms with E-state index < -0.39 is 5.54 Å². The van der Waals surface area contributed by atoms with Crippen molar-refractivity contribution >= 4 is 5.91 Å². The Morgan fingerprint density at radius 1 is 1.30 bits per heavy atom. The van der Waals surface area contributed by atoms with Gasteiger partial charge in [-0.3, -0.25) is 9.69 Å². The normalized spacial score (nSPS) is 22.0. The van der Waals surface area contributed by atoms with E-state index in [-0.39, 0.29) is 5.91 Å². The fourth-order valence-electron chi connectivity index (χ4n) is 3.52. The van der Waals surface area contributed by atoms with Crippen LogP contribution in [0, 0.1) is 0 Å². The van der Waals surface area contributed by atoms with Crippen LogP contribution < -0.4 is 0 Å². The van der Waals surface area contributed by atoms with Gasteiger partial charge in [-0.1, -0.05) is 30.3 Å². The number of benzene rings is 1. The molecule has 1 fully saturated rings. The van der Waals surface area contributed by atoms with Gasteiger partial charge in [-0.15, -0.1) is 0 Å². The summed E-state index contributed by atoms with van der Waals surface area (Å²) < 4.78 is 1.99. The molecule has 1 aliphatic heterocycles. The minimum atomic E-state index is -0.549. The predicted molar refractivity (Wildman–Crippen MR) is 89.8 cm³/mol. The number of likely N-dealkylation sites (N-methyl/N-ethyl adjacent to an activating group) is 1. The molecule has 3 rings (SSSR count). The zero-order valence-corrected chi connectivity index (χ0v) is 13.9. The van der Waals surface area contributed by atoms with Crippen LogP contribution >= 0.6 is 0 Å². The minimum absolute atomic E-state index is 0.147. The van der Waals surface area contributed by atoms with Gasteiger partial charge >= 0.3 is 0 Å². The maximum atomic E-state index is 13.0. The van der Waals surface area contributed by atoms with E-state index in [9.17, 15) is 4.79 Å². The van der Waals surface area contributed by atoms with Crippen LogP contribution in [0.4, 0.5) is 0 Å². The summed E-state index contributed by atoms with van der Waals surface area (Å²) >= 11 is 0. The molecule has 1 aromatic heterocycles. The van der Waals surface area contributed by atoms with Gasteiger partial charge in [0.15, 0.2) is 0 Å². The fourth-order valence-corrected chi connectivity index (χ4v) is 3.52. The minimum Gasteiger partial charge on any atom is -0.347 e. The fraction of sp³-hybridized carbons (Fsp3) is 0.444. The van der Waals surface area contributed by atoms with Gasteiger partial charge in [0.2, 0.25) is 5.91 Å². The molecule has 0 bridgehead atoms. The summed E-state index contributed by atoms with van der Waals surface area (Å²) in [6.07, 6.45) is 7.29. The van der Waals surface area contributed by atoms with Crippen LogP contribution in [0.3, 0.4) is 0 Å². The summed E-state index contributed by atoms with van der Waals surface area (Å²) in [4.78, 5) is 21.2. The van der Waals surface area contributed by atoms with Crippen molar-refractivity contribution in [2.75, 3.05) is 27.2 Å². The van der Waals surface area contributed by atoms with Crippen molar-refractivity contribution in [3.63, 3.8) is 0 Å². The van der Waals surface area contributed by atoms with Gasteiger partial charge < -0.3 is 9.47 Å². The first-order valence-electron chi connectivity index (χ1n) is 8.08. The van der Waals surface area contributed by atoms with E-state index in [0.717, 1.165) is 32.5 Å². The molecule has 1 amide bonds. The molecule has 0 N–H and O–H groups in total. The summed E-state index contributed by atoms with van der Waals surface area (Å²) in [7, 11) is 3.66. The lowest BCUT2D eigenvalue weighted by molar-refractivity contribution is -0.141. The van der Waals surface area contributed by atoms with Crippen LogP contribution in [0.15, 0.2) is 49.1 Å². The maximum absolute atomic E-state index is 13.0. The van der Waals surface area contributed by atoms with E-state index in [2.05, 4.69) is 34.1 Å². The molecule has 1 atom stereocenters. The second-order valence-electron chi connectivity index (χ2n) is 6.50. The number of nitrogens with zero attached hydrogens (tertiary/aromatic N) is 4. The highest BCUT2D eigenvalue weighted by Gasteiger charge is 2.44. The van der Waals surface area contributed by atoms with E-state index in [1.165, 1.54) is 5.56 Å². The van der Waals surface area contributed by atoms with E-state index in [1.54, 1.807) is 17.4 Å². The van der Waals surface area contributed by atoms with Gasteiger partial charge in [-0.2, -0.15) is 0 Å². The Balaban J connectivity index is 1.86. The van der Waals surface area contributed by atoms with E-state index in [1.807, 2.05) is 30.9 Å². The Kier molecular flexibility index (Phi) is 4.48. The summed E-state index contributed by atoms with van der Waals surface area (Å²) in [5.74, 6) is 0.147. The highest BCUT2D eigenvalue weighted by molar-refractivity contribution is 5.84.